The number of carbonyl (C=O) groups excluding carboxylic acids is 8. The van der Waals surface area contributed by atoms with Gasteiger partial charge in [0.05, 0.1) is 84.9 Å². The van der Waals surface area contributed by atoms with E-state index in [1.54, 1.807) is 62.7 Å². The SMILES string of the molecule is CNC(C(=O)OC)C1NC(C(=O)[O-])C(C)(C)S1.CNC(C(=O)OC)C1NC(C(=O)[O-])C(C)(C)S1.CNC(C(=O)OC)C1NC(C(=O)[O-])C(C)(C)S1=O.CNC1C(=O)N2C1SC(C)(C)C2C(=O)[O-]. The summed E-state index contributed by atoms with van der Waals surface area (Å²) in [6, 6.07) is -5.79. The smallest absolute Gasteiger partial charge is 0.325 e. The summed E-state index contributed by atoms with van der Waals surface area (Å²) in [7, 11) is 8.72. The molecule has 5 fully saturated rings. The van der Waals surface area contributed by atoms with Crippen molar-refractivity contribution in [1.82, 2.24) is 42.1 Å². The number of likely N-dealkylation sites (N-methyl/N-ethyl adjacent to an activating group) is 4. The molecule has 0 aromatic heterocycles. The van der Waals surface area contributed by atoms with Crippen molar-refractivity contribution in [3.63, 3.8) is 0 Å². The standard InChI is InChI=1S/C10H18N2O5S.2C10H18N2O4S.C9H14N2O3S/c1-10(2)6(8(13)14)12-7(18(10)16)5(11-3)9(15)17-4;2*1-10(2)6(8(13)14)12-7(17-10)5(11-3)9(15)16-4;1-9(2)5(8(13)14)11-6(12)4(10-3)7(11)15-9/h5-7,11-12H,1-4H3,(H,13,14);2*5-7,11-12H,1-4H3,(H,13,14);4-5,7,10H,1-3H3,(H,13,14)/p-4. The molecule has 7 N–H and O–H groups in total. The van der Waals surface area contributed by atoms with Crippen LogP contribution in [0.3, 0.4) is 0 Å². The molecule has 0 aromatic rings. The van der Waals surface area contributed by atoms with Gasteiger partial charge in [-0.3, -0.25) is 39.3 Å². The van der Waals surface area contributed by atoms with E-state index in [0.717, 1.165) is 0 Å². The van der Waals surface area contributed by atoms with Crippen molar-refractivity contribution >= 4 is 93.8 Å². The van der Waals surface area contributed by atoms with Crippen LogP contribution in [0.1, 0.15) is 55.4 Å². The summed E-state index contributed by atoms with van der Waals surface area (Å²) in [6.07, 6.45) is 0. The Bertz CT molecular complexity index is 1820. The third-order valence-electron chi connectivity index (χ3n) is 11.6. The number of rotatable bonds is 14. The van der Waals surface area contributed by atoms with Gasteiger partial charge in [0.25, 0.3) is 0 Å². The van der Waals surface area contributed by atoms with Crippen LogP contribution in [0.15, 0.2) is 0 Å². The van der Waals surface area contributed by atoms with E-state index in [2.05, 4.69) is 51.4 Å². The number of nitrogens with one attached hydrogen (secondary N) is 7. The molecule has 0 saturated carbocycles. The number of thioether (sulfide) groups is 3. The minimum atomic E-state index is -1.57. The van der Waals surface area contributed by atoms with Gasteiger partial charge < -0.3 is 80.0 Å². The zero-order chi connectivity index (χ0) is 51.9. The fraction of sp³-hybridized carbons (Fsp3) is 0.795. The first kappa shape index (κ1) is 59.8. The molecule has 5 saturated heterocycles. The van der Waals surface area contributed by atoms with Gasteiger partial charge in [0.15, 0.2) is 0 Å². The molecular formula is C39H64N8O16S4-4. The van der Waals surface area contributed by atoms with E-state index < -0.39 is 119 Å². The van der Waals surface area contributed by atoms with Crippen molar-refractivity contribution in [1.29, 1.82) is 0 Å². The van der Waals surface area contributed by atoms with E-state index >= 15 is 0 Å². The van der Waals surface area contributed by atoms with Gasteiger partial charge in [-0.1, -0.05) is 0 Å². The Morgan fingerprint density at radius 2 is 0.970 bits per heavy atom. The molecule has 28 heteroatoms. The van der Waals surface area contributed by atoms with Crippen molar-refractivity contribution in [2.24, 2.45) is 0 Å². The van der Waals surface area contributed by atoms with E-state index in [0.29, 0.717) is 0 Å². The van der Waals surface area contributed by atoms with Crippen molar-refractivity contribution < 1.29 is 77.2 Å². The van der Waals surface area contributed by atoms with Crippen molar-refractivity contribution in [3.8, 4) is 0 Å². The number of nitrogens with zero attached hydrogens (tertiary/aromatic N) is 1. The molecule has 0 aromatic carbocycles. The lowest BCUT2D eigenvalue weighted by atomic mass is 9.96. The van der Waals surface area contributed by atoms with E-state index in [4.69, 9.17) is 0 Å². The second kappa shape index (κ2) is 24.0. The number of ether oxygens (including phenoxy) is 3. The molecule has 13 unspecified atom stereocenters. The Morgan fingerprint density at radius 1 is 0.597 bits per heavy atom. The summed E-state index contributed by atoms with van der Waals surface area (Å²) in [5.41, 5.74) is 0. The summed E-state index contributed by atoms with van der Waals surface area (Å²) in [6.45, 7) is 14.0. The highest BCUT2D eigenvalue weighted by atomic mass is 32.2. The van der Waals surface area contributed by atoms with E-state index in [-0.39, 0.29) is 28.1 Å². The predicted molar refractivity (Wildman–Crippen MR) is 241 cm³/mol. The highest BCUT2D eigenvalue weighted by Gasteiger charge is 2.61. The average Bonchev–Trinajstić information content (AvgIpc) is 3.90. The van der Waals surface area contributed by atoms with Gasteiger partial charge >= 0.3 is 17.9 Å². The van der Waals surface area contributed by atoms with Crippen LogP contribution >= 0.6 is 35.3 Å². The van der Waals surface area contributed by atoms with Crippen LogP contribution < -0.4 is 57.6 Å². The molecule has 5 heterocycles. The largest absolute Gasteiger partial charge is 0.548 e. The summed E-state index contributed by atoms with van der Waals surface area (Å²) < 4.78 is 23.6. The van der Waals surface area contributed by atoms with Crippen LogP contribution in [0.2, 0.25) is 0 Å². The number of hydrogen-bond donors (Lipinski definition) is 7. The minimum Gasteiger partial charge on any atom is -0.548 e. The molecule has 0 bridgehead atoms. The molecule has 67 heavy (non-hydrogen) atoms. The highest BCUT2D eigenvalue weighted by Crippen LogP contribution is 2.50. The predicted octanol–water partition coefficient (Wildman–Crippen LogP) is -7.68. The molecule has 0 radical (unpaired) electrons. The van der Waals surface area contributed by atoms with Crippen LogP contribution in [-0.2, 0) is 63.4 Å². The number of fused-ring (bicyclic) bond motifs is 1. The highest BCUT2D eigenvalue weighted by molar-refractivity contribution is 8.02. The number of esters is 3. The lowest BCUT2D eigenvalue weighted by Crippen LogP contribution is -2.70. The molecule has 0 spiro atoms. The number of β-lactam (4-membered cyclic amide) rings is 1. The van der Waals surface area contributed by atoms with Gasteiger partial charge in [-0.05, 0) is 83.6 Å². The quantitative estimate of drug-likeness (QED) is 0.0483. The molecule has 384 valence electrons. The Labute approximate surface area is 405 Å². The Hall–Kier alpha value is -3.32. The molecular weight excluding hydrogens is 965 g/mol. The van der Waals surface area contributed by atoms with Crippen LogP contribution in [-0.4, -0.2) is 195 Å². The molecule has 5 rings (SSSR count). The zero-order valence-electron chi connectivity index (χ0n) is 40.0. The van der Waals surface area contributed by atoms with Crippen molar-refractivity contribution in [2.45, 2.75) is 144 Å². The van der Waals surface area contributed by atoms with Gasteiger partial charge in [0.2, 0.25) is 5.91 Å². The molecule has 0 aliphatic carbocycles. The van der Waals surface area contributed by atoms with Gasteiger partial charge in [0.1, 0.15) is 34.9 Å². The number of carboxylic acids is 4. The molecule has 5 aliphatic rings. The normalized spacial score (nSPS) is 31.5. The summed E-state index contributed by atoms with van der Waals surface area (Å²) >= 11 is 4.28. The fourth-order valence-electron chi connectivity index (χ4n) is 7.88. The van der Waals surface area contributed by atoms with Crippen molar-refractivity contribution in [3.05, 3.63) is 0 Å². The number of carboxylic acid groups (broad SMARTS) is 4. The maximum Gasteiger partial charge on any atom is 0.325 e. The number of amides is 1. The topological polar surface area (TPSA) is 361 Å². The number of methoxy groups -OCH3 is 3. The molecule has 1 amide bonds. The van der Waals surface area contributed by atoms with E-state index in [1.165, 1.54) is 68.6 Å². The minimum absolute atomic E-state index is 0.0691. The van der Waals surface area contributed by atoms with Gasteiger partial charge in [-0.25, -0.2) is 0 Å². The third kappa shape index (κ3) is 13.3. The van der Waals surface area contributed by atoms with Crippen LogP contribution in [0.4, 0.5) is 0 Å². The number of aliphatic carboxylic acids is 4. The Morgan fingerprint density at radius 3 is 1.25 bits per heavy atom. The second-order valence-electron chi connectivity index (χ2n) is 17.6. The Balaban J connectivity index is 0.000000307. The lowest BCUT2D eigenvalue weighted by Gasteiger charge is -2.44. The third-order valence-corrected chi connectivity index (χ3v) is 18.3. The first-order valence-corrected chi connectivity index (χ1v) is 24.5. The second-order valence-corrected chi connectivity index (χ2v) is 25.1. The number of hydrogen-bond acceptors (Lipinski definition) is 26. The summed E-state index contributed by atoms with van der Waals surface area (Å²) in [5, 5.41) is 62.0. The Kier molecular flexibility index (Phi) is 21.4. The molecule has 13 atom stereocenters. The average molecular weight is 1030 g/mol. The first-order valence-electron chi connectivity index (χ1n) is 20.6. The first-order chi connectivity index (χ1) is 30.8. The van der Waals surface area contributed by atoms with Crippen LogP contribution in [0.5, 0.6) is 0 Å². The molecule has 5 aliphatic heterocycles. The van der Waals surface area contributed by atoms with E-state index in [9.17, 15) is 63.0 Å². The van der Waals surface area contributed by atoms with Gasteiger partial charge in [0, 0.05) is 25.0 Å². The molecule has 24 nitrogen and oxygen atoms in total. The van der Waals surface area contributed by atoms with Crippen molar-refractivity contribution in [2.75, 3.05) is 49.5 Å². The maximum absolute atomic E-state index is 12.3. The maximum atomic E-state index is 12.3. The van der Waals surface area contributed by atoms with Gasteiger partial charge in [-0.2, -0.15) is 0 Å². The van der Waals surface area contributed by atoms with Crippen LogP contribution in [0.25, 0.3) is 0 Å². The summed E-state index contributed by atoms with van der Waals surface area (Å²) in [5.74, 6) is -6.42. The fourth-order valence-corrected chi connectivity index (χ4v) is 14.5. The van der Waals surface area contributed by atoms with E-state index in [1.807, 2.05) is 13.8 Å². The van der Waals surface area contributed by atoms with Gasteiger partial charge in [-0.15, -0.1) is 35.3 Å². The number of carbonyl (C=O) groups is 8. The van der Waals surface area contributed by atoms with Crippen LogP contribution in [0, 0.1) is 0 Å². The summed E-state index contributed by atoms with van der Waals surface area (Å²) in [4.78, 5) is 91.6. The monoisotopic (exact) mass is 1030 g/mol. The zero-order valence-corrected chi connectivity index (χ0v) is 43.3. The lowest BCUT2D eigenvalue weighted by molar-refractivity contribution is -0.313.